The number of hydrogen-bond donors (Lipinski definition) is 1. The molecule has 1 atom stereocenters. The number of benzene rings is 1. The molecule has 1 aromatic carbocycles. The zero-order valence-corrected chi connectivity index (χ0v) is 10.9. The first-order valence-corrected chi connectivity index (χ1v) is 6.81. The van der Waals surface area contributed by atoms with Crippen LogP contribution in [0.15, 0.2) is 30.3 Å². The summed E-state index contributed by atoms with van der Waals surface area (Å²) < 4.78 is 0. The van der Waals surface area contributed by atoms with Crippen LogP contribution in [0.1, 0.15) is 25.3 Å². The molecule has 1 heterocycles. The van der Waals surface area contributed by atoms with Crippen LogP contribution in [0.2, 0.25) is 0 Å². The summed E-state index contributed by atoms with van der Waals surface area (Å²) in [4.78, 5) is 14.9. The highest BCUT2D eigenvalue weighted by Gasteiger charge is 2.53. The van der Waals surface area contributed by atoms with Crippen molar-refractivity contribution in [3.63, 3.8) is 0 Å². The van der Waals surface area contributed by atoms with E-state index in [2.05, 4.69) is 29.3 Å². The zero-order chi connectivity index (χ0) is 12.6. The number of hydrogen-bond acceptors (Lipinski definition) is 2. The maximum atomic E-state index is 12.8. The fourth-order valence-electron chi connectivity index (χ4n) is 2.93. The van der Waals surface area contributed by atoms with Gasteiger partial charge in [-0.05, 0) is 25.3 Å². The van der Waals surface area contributed by atoms with Gasteiger partial charge in [-0.25, -0.2) is 0 Å². The number of nitrogens with one attached hydrogen (secondary N) is 1. The number of rotatable bonds is 2. The van der Waals surface area contributed by atoms with Crippen molar-refractivity contribution in [3.8, 4) is 0 Å². The smallest absolute Gasteiger partial charge is 0.233 e. The molecule has 0 unspecified atom stereocenters. The molecule has 0 radical (unpaired) electrons. The fourth-order valence-corrected chi connectivity index (χ4v) is 2.93. The van der Waals surface area contributed by atoms with E-state index in [-0.39, 0.29) is 5.41 Å². The van der Waals surface area contributed by atoms with Crippen molar-refractivity contribution in [1.29, 1.82) is 0 Å². The lowest BCUT2D eigenvalue weighted by Gasteiger charge is -2.36. The summed E-state index contributed by atoms with van der Waals surface area (Å²) in [5.41, 5.74) is 0.994. The van der Waals surface area contributed by atoms with Crippen molar-refractivity contribution in [2.24, 2.45) is 0 Å². The maximum absolute atomic E-state index is 12.8. The van der Waals surface area contributed by atoms with Crippen molar-refractivity contribution in [3.05, 3.63) is 35.9 Å². The molecule has 2 aliphatic rings. The summed E-state index contributed by atoms with van der Waals surface area (Å²) in [5, 5.41) is 3.34. The summed E-state index contributed by atoms with van der Waals surface area (Å²) in [6, 6.07) is 10.6. The van der Waals surface area contributed by atoms with Crippen LogP contribution in [0, 0.1) is 0 Å². The highest BCUT2D eigenvalue weighted by molar-refractivity contribution is 5.91. The molecular weight excluding hydrogens is 224 g/mol. The average Bonchev–Trinajstić information content (AvgIpc) is 3.21. The molecule has 1 saturated heterocycles. The van der Waals surface area contributed by atoms with E-state index in [0.717, 1.165) is 32.5 Å². The standard InChI is InChI=1S/C15H20N2O/c1-12-11-16-9-10-17(12)14(18)15(7-8-15)13-5-3-2-4-6-13/h2-6,12,16H,7-11H2,1H3/t12-/m1/s1. The van der Waals surface area contributed by atoms with E-state index in [9.17, 15) is 4.79 Å². The average molecular weight is 244 g/mol. The predicted octanol–water partition coefficient (Wildman–Crippen LogP) is 1.54. The summed E-state index contributed by atoms with van der Waals surface area (Å²) in [6.07, 6.45) is 2.01. The molecule has 3 heteroatoms. The molecule has 0 spiro atoms. The molecule has 0 aromatic heterocycles. The SMILES string of the molecule is C[C@@H]1CNCCN1C(=O)C1(c2ccccc2)CC1. The van der Waals surface area contributed by atoms with Crippen LogP contribution in [0.5, 0.6) is 0 Å². The van der Waals surface area contributed by atoms with Crippen LogP contribution in [0.3, 0.4) is 0 Å². The molecule has 1 N–H and O–H groups in total. The Morgan fingerprint density at radius 2 is 2.06 bits per heavy atom. The van der Waals surface area contributed by atoms with Gasteiger partial charge in [0, 0.05) is 25.7 Å². The molecule has 1 aliphatic heterocycles. The van der Waals surface area contributed by atoms with E-state index in [1.165, 1.54) is 5.56 Å². The summed E-state index contributed by atoms with van der Waals surface area (Å²) in [7, 11) is 0. The number of nitrogens with zero attached hydrogens (tertiary/aromatic N) is 1. The Labute approximate surface area is 108 Å². The van der Waals surface area contributed by atoms with Gasteiger partial charge in [0.2, 0.25) is 5.91 Å². The summed E-state index contributed by atoms with van der Waals surface area (Å²) >= 11 is 0. The Kier molecular flexibility index (Phi) is 2.86. The van der Waals surface area contributed by atoms with E-state index in [1.807, 2.05) is 18.2 Å². The van der Waals surface area contributed by atoms with Gasteiger partial charge in [0.25, 0.3) is 0 Å². The molecule has 1 aliphatic carbocycles. The van der Waals surface area contributed by atoms with Gasteiger partial charge in [-0.1, -0.05) is 30.3 Å². The minimum Gasteiger partial charge on any atom is -0.337 e. The first-order valence-electron chi connectivity index (χ1n) is 6.81. The quantitative estimate of drug-likeness (QED) is 0.856. The van der Waals surface area contributed by atoms with E-state index >= 15 is 0 Å². The van der Waals surface area contributed by atoms with E-state index < -0.39 is 0 Å². The van der Waals surface area contributed by atoms with Gasteiger partial charge >= 0.3 is 0 Å². The van der Waals surface area contributed by atoms with Gasteiger partial charge in [0.05, 0.1) is 5.41 Å². The topological polar surface area (TPSA) is 32.3 Å². The fraction of sp³-hybridized carbons (Fsp3) is 0.533. The van der Waals surface area contributed by atoms with Gasteiger partial charge in [0.15, 0.2) is 0 Å². The van der Waals surface area contributed by atoms with Gasteiger partial charge in [-0.2, -0.15) is 0 Å². The normalized spacial score (nSPS) is 25.8. The minimum atomic E-state index is -0.202. The number of piperazine rings is 1. The number of amides is 1. The first kappa shape index (κ1) is 11.7. The van der Waals surface area contributed by atoms with Gasteiger partial charge in [-0.3, -0.25) is 4.79 Å². The third-order valence-electron chi connectivity index (χ3n) is 4.25. The van der Waals surface area contributed by atoms with Crippen LogP contribution in [0.4, 0.5) is 0 Å². The molecule has 3 nitrogen and oxygen atoms in total. The van der Waals surface area contributed by atoms with Crippen molar-refractivity contribution in [2.45, 2.75) is 31.2 Å². The molecule has 2 fully saturated rings. The Morgan fingerprint density at radius 1 is 1.33 bits per heavy atom. The van der Waals surface area contributed by atoms with E-state index in [1.54, 1.807) is 0 Å². The minimum absolute atomic E-state index is 0.202. The molecule has 96 valence electrons. The maximum Gasteiger partial charge on any atom is 0.233 e. The van der Waals surface area contributed by atoms with Crippen molar-refractivity contribution < 1.29 is 4.79 Å². The zero-order valence-electron chi connectivity index (χ0n) is 10.9. The van der Waals surface area contributed by atoms with Crippen molar-refractivity contribution in [2.75, 3.05) is 19.6 Å². The molecule has 0 bridgehead atoms. The van der Waals surface area contributed by atoms with E-state index in [4.69, 9.17) is 0 Å². The van der Waals surface area contributed by atoms with Gasteiger partial charge < -0.3 is 10.2 Å². The third kappa shape index (κ3) is 1.83. The first-order chi connectivity index (χ1) is 8.74. The number of carbonyl (C=O) groups excluding carboxylic acids is 1. The van der Waals surface area contributed by atoms with Crippen molar-refractivity contribution >= 4 is 5.91 Å². The van der Waals surface area contributed by atoms with Crippen LogP contribution >= 0.6 is 0 Å². The lowest BCUT2D eigenvalue weighted by molar-refractivity contribution is -0.136. The second kappa shape index (κ2) is 4.39. The molecule has 18 heavy (non-hydrogen) atoms. The summed E-state index contributed by atoms with van der Waals surface area (Å²) in [5.74, 6) is 0.336. The van der Waals surface area contributed by atoms with Crippen LogP contribution in [-0.2, 0) is 10.2 Å². The number of carbonyl (C=O) groups is 1. The highest BCUT2D eigenvalue weighted by atomic mass is 16.2. The van der Waals surface area contributed by atoms with Crippen LogP contribution < -0.4 is 5.32 Å². The van der Waals surface area contributed by atoms with Gasteiger partial charge in [-0.15, -0.1) is 0 Å². The lowest BCUT2D eigenvalue weighted by Crippen LogP contribution is -2.54. The molecule has 1 aromatic rings. The lowest BCUT2D eigenvalue weighted by atomic mass is 9.93. The molecule has 1 amide bonds. The Bertz CT molecular complexity index is 439. The Hall–Kier alpha value is -1.35. The second-order valence-corrected chi connectivity index (χ2v) is 5.50. The van der Waals surface area contributed by atoms with Crippen LogP contribution in [-0.4, -0.2) is 36.5 Å². The third-order valence-corrected chi connectivity index (χ3v) is 4.25. The predicted molar refractivity (Wildman–Crippen MR) is 71.4 cm³/mol. The Balaban J connectivity index is 1.84. The van der Waals surface area contributed by atoms with Crippen LogP contribution in [0.25, 0.3) is 0 Å². The van der Waals surface area contributed by atoms with Gasteiger partial charge in [0.1, 0.15) is 0 Å². The second-order valence-electron chi connectivity index (χ2n) is 5.50. The molecule has 1 saturated carbocycles. The van der Waals surface area contributed by atoms with Crippen molar-refractivity contribution in [1.82, 2.24) is 10.2 Å². The molecular formula is C15H20N2O. The summed E-state index contributed by atoms with van der Waals surface area (Å²) in [6.45, 7) is 4.80. The molecule has 3 rings (SSSR count). The largest absolute Gasteiger partial charge is 0.337 e. The Morgan fingerprint density at radius 3 is 2.67 bits per heavy atom. The van der Waals surface area contributed by atoms with E-state index in [0.29, 0.717) is 11.9 Å². The highest BCUT2D eigenvalue weighted by Crippen LogP contribution is 2.49. The monoisotopic (exact) mass is 244 g/mol.